The second-order valence-electron chi connectivity index (χ2n) is 4.89. The molecule has 0 aliphatic carbocycles. The van der Waals surface area contributed by atoms with Crippen LogP contribution in [-0.2, 0) is 4.79 Å². The molecule has 2 N–H and O–H groups in total. The minimum atomic E-state index is -0.589. The van der Waals surface area contributed by atoms with Gasteiger partial charge in [0.25, 0.3) is 5.91 Å². The van der Waals surface area contributed by atoms with Gasteiger partial charge in [0.05, 0.1) is 11.6 Å². The van der Waals surface area contributed by atoms with E-state index in [9.17, 15) is 4.79 Å². The molecular formula is C14H14N4O. The first-order chi connectivity index (χ1) is 9.23. The number of nitrogens with zero attached hydrogens (tertiary/aromatic N) is 2. The summed E-state index contributed by atoms with van der Waals surface area (Å²) in [7, 11) is 0. The van der Waals surface area contributed by atoms with E-state index < -0.39 is 5.54 Å². The summed E-state index contributed by atoms with van der Waals surface area (Å²) in [4.78, 5) is 16.8. The molecule has 0 radical (unpaired) electrons. The molecule has 1 amide bonds. The largest absolute Gasteiger partial charge is 0.317 e. The van der Waals surface area contributed by atoms with Gasteiger partial charge in [-0.25, -0.2) is 0 Å². The number of benzene rings is 1. The van der Waals surface area contributed by atoms with Crippen molar-refractivity contribution in [2.45, 2.75) is 18.4 Å². The van der Waals surface area contributed by atoms with E-state index in [-0.39, 0.29) is 5.91 Å². The van der Waals surface area contributed by atoms with Crippen LogP contribution in [0.1, 0.15) is 24.0 Å². The first-order valence-electron chi connectivity index (χ1n) is 6.36. The fraction of sp³-hybridized carbons (Fsp3) is 0.357. The van der Waals surface area contributed by atoms with Crippen molar-refractivity contribution in [3.05, 3.63) is 35.4 Å². The molecule has 1 saturated heterocycles. The van der Waals surface area contributed by atoms with Crippen molar-refractivity contribution in [2.24, 2.45) is 4.99 Å². The molecule has 96 valence electrons. The van der Waals surface area contributed by atoms with Crippen LogP contribution in [-0.4, -0.2) is 30.4 Å². The van der Waals surface area contributed by atoms with Crippen LogP contribution in [0.4, 0.5) is 0 Å². The molecule has 1 aromatic carbocycles. The number of hydrogen-bond acceptors (Lipinski definition) is 4. The lowest BCUT2D eigenvalue weighted by Crippen LogP contribution is -2.47. The van der Waals surface area contributed by atoms with Crippen molar-refractivity contribution in [1.29, 1.82) is 5.26 Å². The molecule has 0 aromatic heterocycles. The molecule has 1 aromatic rings. The van der Waals surface area contributed by atoms with E-state index in [1.807, 2.05) is 12.1 Å². The third-order valence-electron chi connectivity index (χ3n) is 3.70. The molecule has 1 spiro atoms. The Labute approximate surface area is 111 Å². The van der Waals surface area contributed by atoms with Crippen LogP contribution >= 0.6 is 0 Å². The van der Waals surface area contributed by atoms with Crippen molar-refractivity contribution >= 4 is 11.7 Å². The van der Waals surface area contributed by atoms with Crippen molar-refractivity contribution in [1.82, 2.24) is 10.6 Å². The molecule has 19 heavy (non-hydrogen) atoms. The van der Waals surface area contributed by atoms with Gasteiger partial charge in [0, 0.05) is 5.56 Å². The fourth-order valence-electron chi connectivity index (χ4n) is 2.54. The number of aliphatic imine (C=N–C) groups is 1. The highest BCUT2D eigenvalue weighted by molar-refractivity contribution is 6.15. The predicted octanol–water partition coefficient (Wildman–Crippen LogP) is 0.557. The summed E-state index contributed by atoms with van der Waals surface area (Å²) in [5.41, 5.74) is 0.863. The summed E-state index contributed by atoms with van der Waals surface area (Å²) in [6.07, 6.45) is 1.47. The smallest absolute Gasteiger partial charge is 0.253 e. The number of hydrogen-bond donors (Lipinski definition) is 2. The molecule has 2 heterocycles. The second kappa shape index (κ2) is 4.48. The number of amides is 1. The number of nitrogens with one attached hydrogen (secondary N) is 2. The SMILES string of the molecule is N#Cc1ccc(C2=NC3(CCNCC3)C(=O)N2)cc1. The number of piperidine rings is 1. The lowest BCUT2D eigenvalue weighted by molar-refractivity contribution is -0.124. The fourth-order valence-corrected chi connectivity index (χ4v) is 2.54. The monoisotopic (exact) mass is 254 g/mol. The molecular weight excluding hydrogens is 240 g/mol. The Morgan fingerprint density at radius 3 is 2.53 bits per heavy atom. The average Bonchev–Trinajstić information content (AvgIpc) is 2.77. The average molecular weight is 254 g/mol. The van der Waals surface area contributed by atoms with Crippen LogP contribution in [0, 0.1) is 11.3 Å². The van der Waals surface area contributed by atoms with Gasteiger partial charge in [-0.15, -0.1) is 0 Å². The van der Waals surface area contributed by atoms with E-state index in [0.29, 0.717) is 11.4 Å². The molecule has 0 unspecified atom stereocenters. The van der Waals surface area contributed by atoms with Gasteiger partial charge in [0.15, 0.2) is 0 Å². The topological polar surface area (TPSA) is 77.3 Å². The summed E-state index contributed by atoms with van der Waals surface area (Å²) in [5.74, 6) is 0.616. The minimum Gasteiger partial charge on any atom is -0.317 e. The number of carbonyl (C=O) groups excluding carboxylic acids is 1. The summed E-state index contributed by atoms with van der Waals surface area (Å²) < 4.78 is 0. The molecule has 0 bridgehead atoms. The summed E-state index contributed by atoms with van der Waals surface area (Å²) in [5, 5.41) is 14.9. The van der Waals surface area contributed by atoms with Crippen molar-refractivity contribution < 1.29 is 4.79 Å². The van der Waals surface area contributed by atoms with Crippen LogP contribution in [0.15, 0.2) is 29.3 Å². The lowest BCUT2D eigenvalue weighted by atomic mass is 9.89. The Bertz CT molecular complexity index is 576. The van der Waals surface area contributed by atoms with Gasteiger partial charge >= 0.3 is 0 Å². The van der Waals surface area contributed by atoms with E-state index in [1.54, 1.807) is 12.1 Å². The van der Waals surface area contributed by atoms with Crippen LogP contribution in [0.3, 0.4) is 0 Å². The van der Waals surface area contributed by atoms with Crippen LogP contribution in [0.5, 0.6) is 0 Å². The lowest BCUT2D eigenvalue weighted by Gasteiger charge is -2.28. The number of rotatable bonds is 1. The highest BCUT2D eigenvalue weighted by Crippen LogP contribution is 2.28. The van der Waals surface area contributed by atoms with Crippen molar-refractivity contribution in [3.8, 4) is 6.07 Å². The summed E-state index contributed by atoms with van der Waals surface area (Å²) in [6.45, 7) is 1.63. The molecule has 3 rings (SSSR count). The van der Waals surface area contributed by atoms with Crippen molar-refractivity contribution in [2.75, 3.05) is 13.1 Å². The van der Waals surface area contributed by atoms with E-state index in [4.69, 9.17) is 5.26 Å². The van der Waals surface area contributed by atoms with Gasteiger partial charge < -0.3 is 10.6 Å². The first kappa shape index (κ1) is 11.9. The Hall–Kier alpha value is -2.19. The number of amidine groups is 1. The van der Waals surface area contributed by atoms with Crippen LogP contribution in [0.25, 0.3) is 0 Å². The van der Waals surface area contributed by atoms with Gasteiger partial charge in [-0.3, -0.25) is 9.79 Å². The number of carbonyl (C=O) groups is 1. The van der Waals surface area contributed by atoms with E-state index in [1.165, 1.54) is 0 Å². The quantitative estimate of drug-likeness (QED) is 0.768. The minimum absolute atomic E-state index is 0.00615. The Kier molecular flexibility index (Phi) is 2.80. The third-order valence-corrected chi connectivity index (χ3v) is 3.70. The molecule has 5 nitrogen and oxygen atoms in total. The zero-order valence-electron chi connectivity index (χ0n) is 10.4. The van der Waals surface area contributed by atoms with Gasteiger partial charge in [-0.2, -0.15) is 5.26 Å². The Morgan fingerprint density at radius 1 is 1.21 bits per heavy atom. The van der Waals surface area contributed by atoms with Gasteiger partial charge in [-0.1, -0.05) is 0 Å². The molecule has 2 aliphatic heterocycles. The zero-order chi connectivity index (χ0) is 13.3. The zero-order valence-corrected chi connectivity index (χ0v) is 10.4. The summed E-state index contributed by atoms with van der Waals surface area (Å²) >= 11 is 0. The third kappa shape index (κ3) is 2.00. The molecule has 1 fully saturated rings. The highest BCUT2D eigenvalue weighted by Gasteiger charge is 2.44. The number of nitriles is 1. The van der Waals surface area contributed by atoms with Crippen LogP contribution in [0.2, 0.25) is 0 Å². The van der Waals surface area contributed by atoms with Crippen molar-refractivity contribution in [3.63, 3.8) is 0 Å². The highest BCUT2D eigenvalue weighted by atomic mass is 16.2. The van der Waals surface area contributed by atoms with Gasteiger partial charge in [0.2, 0.25) is 0 Å². The van der Waals surface area contributed by atoms with E-state index in [0.717, 1.165) is 31.5 Å². The molecule has 2 aliphatic rings. The van der Waals surface area contributed by atoms with Gasteiger partial charge in [-0.05, 0) is 50.2 Å². The maximum absolute atomic E-state index is 12.2. The van der Waals surface area contributed by atoms with E-state index in [2.05, 4.69) is 21.7 Å². The molecule has 5 heteroatoms. The Balaban J connectivity index is 1.91. The second-order valence-corrected chi connectivity index (χ2v) is 4.89. The first-order valence-corrected chi connectivity index (χ1v) is 6.36. The molecule has 0 atom stereocenters. The van der Waals surface area contributed by atoms with Gasteiger partial charge in [0.1, 0.15) is 11.4 Å². The maximum Gasteiger partial charge on any atom is 0.253 e. The normalized spacial score (nSPS) is 20.8. The predicted molar refractivity (Wildman–Crippen MR) is 70.7 cm³/mol. The van der Waals surface area contributed by atoms with E-state index >= 15 is 0 Å². The summed E-state index contributed by atoms with van der Waals surface area (Å²) in [6, 6.07) is 9.18. The molecule has 0 saturated carbocycles. The van der Waals surface area contributed by atoms with Crippen LogP contribution < -0.4 is 10.6 Å². The standard InChI is InChI=1S/C14H14N4O/c15-9-10-1-3-11(4-2-10)12-17-13(19)14(18-12)5-7-16-8-6-14/h1-4,16H,5-8H2,(H,17,18,19). The Morgan fingerprint density at radius 2 is 1.89 bits per heavy atom. The maximum atomic E-state index is 12.2.